The fourth-order valence-electron chi connectivity index (χ4n) is 11.3. The molecule has 0 amide bonds. The molecule has 2 N–H and O–H groups in total. The lowest BCUT2D eigenvalue weighted by atomic mass is 9.52. The van der Waals surface area contributed by atoms with Crippen LogP contribution in [0.4, 0.5) is 0 Å². The number of hydrogen-bond donors (Lipinski definition) is 2. The van der Waals surface area contributed by atoms with Crippen LogP contribution >= 0.6 is 0 Å². The van der Waals surface area contributed by atoms with Crippen molar-refractivity contribution >= 4 is 0 Å². The van der Waals surface area contributed by atoms with E-state index in [1.807, 2.05) is 18.2 Å². The maximum absolute atomic E-state index is 10.1. The van der Waals surface area contributed by atoms with E-state index in [0.717, 1.165) is 44.0 Å². The molecule has 3 heterocycles. The lowest BCUT2D eigenvalue weighted by Crippen LogP contribution is -2.61. The highest BCUT2D eigenvalue weighted by Crippen LogP contribution is 2.56. The van der Waals surface area contributed by atoms with Crippen LogP contribution in [0, 0.1) is 17.8 Å². The molecule has 7 atom stereocenters. The van der Waals surface area contributed by atoms with Crippen molar-refractivity contribution < 1.29 is 14.9 Å². The van der Waals surface area contributed by atoms with Crippen molar-refractivity contribution in [1.82, 2.24) is 9.80 Å². The van der Waals surface area contributed by atoms with Gasteiger partial charge in [0.2, 0.25) is 0 Å². The molecule has 5 fully saturated rings. The van der Waals surface area contributed by atoms with Crippen LogP contribution in [0.1, 0.15) is 107 Å². The van der Waals surface area contributed by atoms with Crippen LogP contribution in [0.25, 0.3) is 0 Å². The Morgan fingerprint density at radius 3 is 2.20 bits per heavy atom. The molecule has 4 bridgehead atoms. The first-order valence-corrected chi connectivity index (χ1v) is 18.6. The number of rotatable bonds is 4. The van der Waals surface area contributed by atoms with Crippen molar-refractivity contribution in [3.63, 3.8) is 0 Å². The van der Waals surface area contributed by atoms with Crippen LogP contribution in [0.3, 0.4) is 0 Å². The predicted molar refractivity (Wildman–Crippen MR) is 180 cm³/mol. The van der Waals surface area contributed by atoms with Gasteiger partial charge in [0, 0.05) is 37.2 Å². The highest BCUT2D eigenvalue weighted by molar-refractivity contribution is 5.46. The zero-order valence-electron chi connectivity index (χ0n) is 27.9. The van der Waals surface area contributed by atoms with Gasteiger partial charge in [-0.2, -0.15) is 0 Å². The number of piperidine rings is 2. The minimum absolute atomic E-state index is 0.198. The van der Waals surface area contributed by atoms with Gasteiger partial charge in [0.15, 0.2) is 0 Å². The van der Waals surface area contributed by atoms with E-state index in [-0.39, 0.29) is 5.41 Å². The summed E-state index contributed by atoms with van der Waals surface area (Å²) in [6.45, 7) is 10.6. The SMILES string of the molecule is C[C@H]1[C@H]2Cc3ccc(O)cc3[C@]1(C)CCN2C[C@@H]1CCCO1.Oc1ccc2c(c1)[C@@]13CCCC[C@H]1[C@@H](C2)N(CC1CCC1)CC3. The van der Waals surface area contributed by atoms with E-state index < -0.39 is 0 Å². The topological polar surface area (TPSA) is 56.2 Å². The second-order valence-electron chi connectivity index (χ2n) is 16.4. The zero-order valence-corrected chi connectivity index (χ0v) is 27.9. The van der Waals surface area contributed by atoms with Gasteiger partial charge in [-0.15, -0.1) is 0 Å². The summed E-state index contributed by atoms with van der Waals surface area (Å²) >= 11 is 0. The quantitative estimate of drug-likeness (QED) is 0.378. The van der Waals surface area contributed by atoms with Crippen molar-refractivity contribution in [2.75, 3.05) is 32.8 Å². The lowest BCUT2D eigenvalue weighted by molar-refractivity contribution is -0.0240. The van der Waals surface area contributed by atoms with Crippen LogP contribution in [0.5, 0.6) is 11.5 Å². The molecule has 0 unspecified atom stereocenters. The Kier molecular flexibility index (Phi) is 7.98. The van der Waals surface area contributed by atoms with Gasteiger partial charge in [0.05, 0.1) is 6.10 Å². The Hall–Kier alpha value is -2.08. The standard InChI is InChI=1S/C21H29NO.C19H27NO2/c23-17-8-7-16-12-20-18-6-1-2-9-21(18,19(16)13-17)10-11-22(20)14-15-4-3-5-15;1-13-18-10-14-5-6-15(21)11-17(14)19(13,2)7-8-20(18)12-16-4-3-9-22-16/h7-8,13,15,18,20,23H,1-6,9-12,14H2;5-6,11,13,16,18,21H,3-4,7-10,12H2,1-2H3/t18-,20+,21+;13-,16-,18+,19+/m00/s1. The molecule has 3 aliphatic heterocycles. The van der Waals surface area contributed by atoms with Crippen molar-refractivity contribution in [2.24, 2.45) is 17.8 Å². The summed E-state index contributed by atoms with van der Waals surface area (Å²) in [6, 6.07) is 13.6. The molecule has 0 spiro atoms. The third-order valence-electron chi connectivity index (χ3n) is 14.2. The van der Waals surface area contributed by atoms with Crippen molar-refractivity contribution in [3.05, 3.63) is 58.7 Å². The number of likely N-dealkylation sites (tertiary alicyclic amines) is 2. The number of fused-ring (bicyclic) bond motifs is 5. The molecule has 3 saturated heterocycles. The molecule has 45 heavy (non-hydrogen) atoms. The number of phenolic OH excluding ortho intramolecular Hbond substituents is 2. The first kappa shape index (κ1) is 30.3. The number of phenols is 2. The number of ether oxygens (including phenoxy) is 1. The maximum Gasteiger partial charge on any atom is 0.115 e. The summed E-state index contributed by atoms with van der Waals surface area (Å²) in [5.74, 6) is 3.31. The number of aromatic hydroxyl groups is 2. The van der Waals surface area contributed by atoms with Gasteiger partial charge in [-0.3, -0.25) is 9.80 Å². The second kappa shape index (κ2) is 11.9. The zero-order chi connectivity index (χ0) is 30.8. The molecule has 4 aliphatic carbocycles. The van der Waals surface area contributed by atoms with Crippen LogP contribution in [-0.2, 0) is 28.4 Å². The predicted octanol–water partition coefficient (Wildman–Crippen LogP) is 7.35. The van der Waals surface area contributed by atoms with Gasteiger partial charge in [-0.1, -0.05) is 45.2 Å². The normalized spacial score (nSPS) is 37.4. The number of nitrogens with zero attached hydrogens (tertiary/aromatic N) is 2. The van der Waals surface area contributed by atoms with E-state index in [4.69, 9.17) is 4.74 Å². The first-order chi connectivity index (χ1) is 21.8. The van der Waals surface area contributed by atoms with Crippen LogP contribution < -0.4 is 0 Å². The fraction of sp³-hybridized carbons (Fsp3) is 0.700. The van der Waals surface area contributed by atoms with E-state index >= 15 is 0 Å². The third kappa shape index (κ3) is 5.24. The molecule has 2 aromatic carbocycles. The summed E-state index contributed by atoms with van der Waals surface area (Å²) < 4.78 is 5.86. The number of benzene rings is 2. The van der Waals surface area contributed by atoms with E-state index in [1.165, 1.54) is 112 Å². The number of hydrogen-bond acceptors (Lipinski definition) is 5. The Bertz CT molecular complexity index is 1380. The smallest absolute Gasteiger partial charge is 0.115 e. The van der Waals surface area contributed by atoms with Crippen molar-refractivity contribution in [1.29, 1.82) is 0 Å². The maximum atomic E-state index is 10.1. The molecule has 244 valence electrons. The van der Waals surface area contributed by atoms with E-state index in [2.05, 4.69) is 41.8 Å². The van der Waals surface area contributed by atoms with Gasteiger partial charge >= 0.3 is 0 Å². The molecule has 9 rings (SSSR count). The third-order valence-corrected chi connectivity index (χ3v) is 14.2. The van der Waals surface area contributed by atoms with E-state index in [0.29, 0.717) is 35.0 Å². The molecular weight excluding hydrogens is 556 g/mol. The Balaban J connectivity index is 0.000000134. The van der Waals surface area contributed by atoms with Gasteiger partial charge in [-0.05, 0) is 147 Å². The second-order valence-corrected chi connectivity index (χ2v) is 16.4. The minimum atomic E-state index is 0.198. The summed E-state index contributed by atoms with van der Waals surface area (Å²) in [7, 11) is 0. The summed E-state index contributed by atoms with van der Waals surface area (Å²) in [5, 5.41) is 20.0. The molecule has 0 aromatic heterocycles. The van der Waals surface area contributed by atoms with Gasteiger partial charge in [-0.25, -0.2) is 0 Å². The van der Waals surface area contributed by atoms with E-state index in [1.54, 1.807) is 0 Å². The van der Waals surface area contributed by atoms with Crippen LogP contribution in [-0.4, -0.2) is 71.0 Å². The highest BCUT2D eigenvalue weighted by atomic mass is 16.5. The highest BCUT2D eigenvalue weighted by Gasteiger charge is 2.54. The molecule has 7 aliphatic rings. The Morgan fingerprint density at radius 1 is 0.756 bits per heavy atom. The van der Waals surface area contributed by atoms with Crippen LogP contribution in [0.15, 0.2) is 36.4 Å². The Morgan fingerprint density at radius 2 is 1.47 bits per heavy atom. The Labute approximate surface area is 271 Å². The molecule has 5 nitrogen and oxygen atoms in total. The first-order valence-electron chi connectivity index (χ1n) is 18.6. The van der Waals surface area contributed by atoms with Crippen molar-refractivity contribution in [2.45, 2.75) is 126 Å². The summed E-state index contributed by atoms with van der Waals surface area (Å²) in [5.41, 5.74) is 6.44. The van der Waals surface area contributed by atoms with Crippen molar-refractivity contribution in [3.8, 4) is 11.5 Å². The molecule has 2 saturated carbocycles. The molecule has 0 radical (unpaired) electrons. The van der Waals surface area contributed by atoms with Gasteiger partial charge in [0.25, 0.3) is 0 Å². The van der Waals surface area contributed by atoms with Gasteiger partial charge < -0.3 is 14.9 Å². The average molecular weight is 613 g/mol. The average Bonchev–Trinajstić information content (AvgIpc) is 3.53. The molecular formula is C40H56N2O3. The molecule has 2 aromatic rings. The summed E-state index contributed by atoms with van der Waals surface area (Å²) in [6.07, 6.45) is 17.6. The monoisotopic (exact) mass is 612 g/mol. The lowest BCUT2D eigenvalue weighted by Gasteiger charge is -2.59. The summed E-state index contributed by atoms with van der Waals surface area (Å²) in [4.78, 5) is 5.55. The minimum Gasteiger partial charge on any atom is -0.508 e. The largest absolute Gasteiger partial charge is 0.508 e. The fourth-order valence-corrected chi connectivity index (χ4v) is 11.3. The van der Waals surface area contributed by atoms with Gasteiger partial charge in [0.1, 0.15) is 11.5 Å². The molecule has 5 heteroatoms. The van der Waals surface area contributed by atoms with E-state index in [9.17, 15) is 10.2 Å². The van der Waals surface area contributed by atoms with Crippen LogP contribution in [0.2, 0.25) is 0 Å².